The molecule has 318 valence electrons. The van der Waals surface area contributed by atoms with Gasteiger partial charge < -0.3 is 23.4 Å². The Morgan fingerprint density at radius 1 is 0.534 bits per heavy atom. The Labute approximate surface area is 354 Å². The number of hydrogen-bond donors (Lipinski definition) is 0. The molecule has 1 unspecified atom stereocenters. The molecule has 0 saturated carbocycles. The standard InChI is InChI=1S/C52H76O5Si/c1-41(2)48(38-50(56-40-45-28-16-11-17-29-45)43(4)25-22-24-42(3)35-36-51(53-8)54-9)49(55-39-44-26-14-10-15-27-44)34-23-37-57-58(52(5,6)7,46-30-18-12-19-31-46)47-32-20-13-21-33-47/h10-21,26-33,41-43,48-51H,22-25,34-40H2,1-9H3/t42-,43+,48-,49-,50?/m1/s1. The van der Waals surface area contributed by atoms with Crippen molar-refractivity contribution in [3.8, 4) is 0 Å². The zero-order chi connectivity index (χ0) is 41.8. The first kappa shape index (κ1) is 47.6. The largest absolute Gasteiger partial charge is 0.407 e. The van der Waals surface area contributed by atoms with Gasteiger partial charge in [0.15, 0.2) is 6.29 Å². The highest BCUT2D eigenvalue weighted by atomic mass is 28.4. The predicted octanol–water partition coefficient (Wildman–Crippen LogP) is 12.0. The van der Waals surface area contributed by atoms with E-state index in [1.807, 2.05) is 0 Å². The summed E-state index contributed by atoms with van der Waals surface area (Å²) in [6, 6.07) is 43.2. The van der Waals surface area contributed by atoms with E-state index in [4.69, 9.17) is 23.4 Å². The monoisotopic (exact) mass is 809 g/mol. The molecule has 0 N–H and O–H groups in total. The lowest BCUT2D eigenvalue weighted by molar-refractivity contribution is -0.108. The number of rotatable bonds is 27. The van der Waals surface area contributed by atoms with Crippen LogP contribution >= 0.6 is 0 Å². The molecule has 6 heteroatoms. The van der Waals surface area contributed by atoms with Gasteiger partial charge in [-0.3, -0.25) is 0 Å². The number of ether oxygens (including phenoxy) is 4. The molecular weight excluding hydrogens is 733 g/mol. The van der Waals surface area contributed by atoms with Crippen molar-refractivity contribution in [3.63, 3.8) is 0 Å². The molecule has 0 amide bonds. The maximum atomic E-state index is 7.38. The molecule has 0 spiro atoms. The normalized spacial score (nSPS) is 15.0. The van der Waals surface area contributed by atoms with Gasteiger partial charge in [0.25, 0.3) is 8.32 Å². The second-order valence-corrected chi connectivity index (χ2v) is 22.3. The first-order valence-corrected chi connectivity index (χ1v) is 24.0. The Balaban J connectivity index is 1.54. The lowest BCUT2D eigenvalue weighted by Crippen LogP contribution is -2.66. The van der Waals surface area contributed by atoms with Gasteiger partial charge in [0.05, 0.1) is 25.4 Å². The SMILES string of the molecule is COC(CC[C@H](C)CCC[C@H](C)C(C[C@H](C(C)C)[C@@H](CCCO[Si](c1ccccc1)(c1ccccc1)C(C)(C)C)OCc1ccccc1)OCc1ccccc1)OC. The molecule has 4 aromatic rings. The maximum Gasteiger partial charge on any atom is 0.261 e. The summed E-state index contributed by atoms with van der Waals surface area (Å²) in [7, 11) is 0.814. The molecule has 0 saturated heterocycles. The molecule has 5 atom stereocenters. The second kappa shape index (κ2) is 24.9. The van der Waals surface area contributed by atoms with E-state index in [9.17, 15) is 0 Å². The fourth-order valence-electron chi connectivity index (χ4n) is 8.70. The van der Waals surface area contributed by atoms with E-state index in [1.165, 1.54) is 34.3 Å². The molecule has 0 aromatic heterocycles. The van der Waals surface area contributed by atoms with Gasteiger partial charge in [0.2, 0.25) is 0 Å². The third kappa shape index (κ3) is 14.6. The fourth-order valence-corrected chi connectivity index (χ4v) is 13.3. The molecular formula is C52H76O5Si. The Morgan fingerprint density at radius 3 is 1.48 bits per heavy atom. The van der Waals surface area contributed by atoms with Crippen molar-refractivity contribution in [2.45, 2.75) is 137 Å². The highest BCUT2D eigenvalue weighted by Gasteiger charge is 2.50. The van der Waals surface area contributed by atoms with Crippen LogP contribution in [0.5, 0.6) is 0 Å². The van der Waals surface area contributed by atoms with Gasteiger partial charge in [-0.05, 0) is 88.7 Å². The van der Waals surface area contributed by atoms with E-state index in [-0.39, 0.29) is 23.5 Å². The highest BCUT2D eigenvalue weighted by Crippen LogP contribution is 2.38. The van der Waals surface area contributed by atoms with Crippen molar-refractivity contribution >= 4 is 18.7 Å². The van der Waals surface area contributed by atoms with E-state index in [2.05, 4.69) is 170 Å². The molecule has 0 radical (unpaired) electrons. The molecule has 0 aliphatic heterocycles. The molecule has 0 bridgehead atoms. The zero-order valence-electron chi connectivity index (χ0n) is 37.4. The van der Waals surface area contributed by atoms with E-state index in [0.29, 0.717) is 43.5 Å². The molecule has 0 aliphatic rings. The van der Waals surface area contributed by atoms with Crippen LogP contribution in [0.3, 0.4) is 0 Å². The van der Waals surface area contributed by atoms with Crippen LogP contribution in [0.4, 0.5) is 0 Å². The Morgan fingerprint density at radius 2 is 1.02 bits per heavy atom. The molecule has 5 nitrogen and oxygen atoms in total. The highest BCUT2D eigenvalue weighted by molar-refractivity contribution is 6.99. The van der Waals surface area contributed by atoms with Crippen LogP contribution in [0.1, 0.15) is 111 Å². The van der Waals surface area contributed by atoms with Crippen LogP contribution in [0.25, 0.3) is 0 Å². The third-order valence-corrected chi connectivity index (χ3v) is 17.3. The van der Waals surface area contributed by atoms with Crippen molar-refractivity contribution in [2.75, 3.05) is 20.8 Å². The first-order valence-electron chi connectivity index (χ1n) is 22.1. The summed E-state index contributed by atoms with van der Waals surface area (Å²) in [5.41, 5.74) is 2.43. The van der Waals surface area contributed by atoms with Gasteiger partial charge in [-0.2, -0.15) is 0 Å². The van der Waals surface area contributed by atoms with Gasteiger partial charge in [0.1, 0.15) is 0 Å². The second-order valence-electron chi connectivity index (χ2n) is 18.0. The molecule has 58 heavy (non-hydrogen) atoms. The van der Waals surface area contributed by atoms with E-state index < -0.39 is 8.32 Å². The lowest BCUT2D eigenvalue weighted by atomic mass is 9.80. The fraction of sp³-hybridized carbons (Fsp3) is 0.538. The van der Waals surface area contributed by atoms with E-state index >= 15 is 0 Å². The summed E-state index contributed by atoms with van der Waals surface area (Å²) in [5.74, 6) is 1.77. The number of methoxy groups -OCH3 is 2. The van der Waals surface area contributed by atoms with Crippen LogP contribution in [-0.4, -0.2) is 47.6 Å². The van der Waals surface area contributed by atoms with Gasteiger partial charge in [-0.25, -0.2) is 0 Å². The van der Waals surface area contributed by atoms with Crippen molar-refractivity contribution in [1.29, 1.82) is 0 Å². The van der Waals surface area contributed by atoms with Crippen molar-refractivity contribution < 1.29 is 23.4 Å². The molecule has 0 heterocycles. The molecule has 0 fully saturated rings. The van der Waals surface area contributed by atoms with Crippen molar-refractivity contribution in [3.05, 3.63) is 132 Å². The predicted molar refractivity (Wildman–Crippen MR) is 245 cm³/mol. The van der Waals surface area contributed by atoms with Crippen molar-refractivity contribution in [1.82, 2.24) is 0 Å². The summed E-state index contributed by atoms with van der Waals surface area (Å²) >= 11 is 0. The number of benzene rings is 4. The van der Waals surface area contributed by atoms with Crippen LogP contribution in [-0.2, 0) is 36.6 Å². The van der Waals surface area contributed by atoms with Crippen LogP contribution in [0, 0.1) is 23.7 Å². The van der Waals surface area contributed by atoms with E-state index in [0.717, 1.165) is 38.5 Å². The quantitative estimate of drug-likeness (QED) is 0.0341. The van der Waals surface area contributed by atoms with Crippen LogP contribution in [0.2, 0.25) is 5.04 Å². The maximum absolute atomic E-state index is 7.38. The van der Waals surface area contributed by atoms with Gasteiger partial charge >= 0.3 is 0 Å². The summed E-state index contributed by atoms with van der Waals surface area (Å²) in [4.78, 5) is 0. The topological polar surface area (TPSA) is 46.2 Å². The average Bonchev–Trinajstić information content (AvgIpc) is 3.23. The smallest absolute Gasteiger partial charge is 0.261 e. The van der Waals surface area contributed by atoms with Crippen molar-refractivity contribution in [2.24, 2.45) is 23.7 Å². The zero-order valence-corrected chi connectivity index (χ0v) is 38.4. The Hall–Kier alpha value is -3.10. The average molecular weight is 809 g/mol. The summed E-state index contributed by atoms with van der Waals surface area (Å²) < 4.78 is 32.2. The first-order chi connectivity index (χ1) is 28.0. The van der Waals surface area contributed by atoms with E-state index in [1.54, 1.807) is 14.2 Å². The third-order valence-electron chi connectivity index (χ3n) is 12.2. The van der Waals surface area contributed by atoms with Gasteiger partial charge in [0, 0.05) is 20.8 Å². The van der Waals surface area contributed by atoms with Crippen LogP contribution < -0.4 is 10.4 Å². The summed E-state index contributed by atoms with van der Waals surface area (Å²) in [5, 5.41) is 2.58. The molecule has 4 aromatic carbocycles. The van der Waals surface area contributed by atoms with Crippen LogP contribution in [0.15, 0.2) is 121 Å². The minimum absolute atomic E-state index is 0.0625. The van der Waals surface area contributed by atoms with Gasteiger partial charge in [-0.15, -0.1) is 0 Å². The minimum Gasteiger partial charge on any atom is -0.407 e. The lowest BCUT2D eigenvalue weighted by Gasteiger charge is -2.43. The molecule has 4 rings (SSSR count). The minimum atomic E-state index is -2.64. The molecule has 0 aliphatic carbocycles. The summed E-state index contributed by atoms with van der Waals surface area (Å²) in [6.07, 6.45) is 8.39. The van der Waals surface area contributed by atoms with Gasteiger partial charge in [-0.1, -0.05) is 183 Å². The summed E-state index contributed by atoms with van der Waals surface area (Å²) in [6.45, 7) is 18.5. The Kier molecular flexibility index (Phi) is 20.4. The Bertz CT molecular complexity index is 1580. The number of hydrogen-bond acceptors (Lipinski definition) is 5.